The number of hydrogen-bond donors (Lipinski definition) is 1. The Morgan fingerprint density at radius 3 is 2.82 bits per heavy atom. The third kappa shape index (κ3) is 2.88. The number of carbonyl (C=O) groups is 2. The number of esters is 1. The predicted octanol–water partition coefficient (Wildman–Crippen LogP) is 2.84. The molecule has 118 valence electrons. The standard InChI is InChI=1S/C16H20N2O3S/c1-10(15(19)17-11-5-3-4-6-11)21-16(20)13-9-14-12(18(13)2)7-8-22-14/h7-11H,3-6H2,1-2H3,(H,17,19)/t10-/m1/s1. The smallest absolute Gasteiger partial charge is 0.355 e. The van der Waals surface area contributed by atoms with Gasteiger partial charge in [-0.1, -0.05) is 12.8 Å². The van der Waals surface area contributed by atoms with Crippen LogP contribution >= 0.6 is 11.3 Å². The highest BCUT2D eigenvalue weighted by Gasteiger charge is 2.24. The highest BCUT2D eigenvalue weighted by Crippen LogP contribution is 2.24. The van der Waals surface area contributed by atoms with E-state index in [9.17, 15) is 9.59 Å². The summed E-state index contributed by atoms with van der Waals surface area (Å²) in [4.78, 5) is 24.3. The number of fused-ring (bicyclic) bond motifs is 1. The largest absolute Gasteiger partial charge is 0.448 e. The highest BCUT2D eigenvalue weighted by atomic mass is 32.1. The van der Waals surface area contributed by atoms with Crippen LogP contribution < -0.4 is 5.32 Å². The maximum Gasteiger partial charge on any atom is 0.355 e. The SMILES string of the molecule is C[C@@H](OC(=O)c1cc2sccc2n1C)C(=O)NC1CCCC1. The van der Waals surface area contributed by atoms with E-state index in [1.807, 2.05) is 24.6 Å². The van der Waals surface area contributed by atoms with Gasteiger partial charge in [-0.3, -0.25) is 4.79 Å². The summed E-state index contributed by atoms with van der Waals surface area (Å²) in [6.07, 6.45) is 3.56. The van der Waals surface area contributed by atoms with Gasteiger partial charge >= 0.3 is 5.97 Å². The van der Waals surface area contributed by atoms with E-state index in [1.165, 1.54) is 0 Å². The Labute approximate surface area is 133 Å². The molecular formula is C16H20N2O3S. The summed E-state index contributed by atoms with van der Waals surface area (Å²) in [5.74, 6) is -0.670. The van der Waals surface area contributed by atoms with E-state index in [2.05, 4.69) is 5.32 Å². The van der Waals surface area contributed by atoms with Crippen LogP contribution in [-0.2, 0) is 16.6 Å². The second kappa shape index (κ2) is 6.12. The Hall–Kier alpha value is -1.82. The first-order chi connectivity index (χ1) is 10.6. The van der Waals surface area contributed by atoms with E-state index in [-0.39, 0.29) is 11.9 Å². The second-order valence-corrected chi connectivity index (χ2v) is 6.74. The zero-order chi connectivity index (χ0) is 15.7. The molecule has 1 amide bonds. The summed E-state index contributed by atoms with van der Waals surface area (Å²) in [6, 6.07) is 4.01. The lowest BCUT2D eigenvalue weighted by atomic mass is 10.2. The second-order valence-electron chi connectivity index (χ2n) is 5.80. The molecular weight excluding hydrogens is 300 g/mol. The van der Waals surface area contributed by atoms with Crippen molar-refractivity contribution >= 4 is 33.4 Å². The van der Waals surface area contributed by atoms with Gasteiger partial charge in [0.05, 0.1) is 10.2 Å². The maximum atomic E-state index is 12.3. The van der Waals surface area contributed by atoms with Crippen molar-refractivity contribution < 1.29 is 14.3 Å². The van der Waals surface area contributed by atoms with Gasteiger partial charge in [0.25, 0.3) is 5.91 Å². The van der Waals surface area contributed by atoms with Crippen molar-refractivity contribution in [3.8, 4) is 0 Å². The number of rotatable bonds is 4. The van der Waals surface area contributed by atoms with Crippen LogP contribution in [-0.4, -0.2) is 28.6 Å². The van der Waals surface area contributed by atoms with Crippen LogP contribution in [0.4, 0.5) is 0 Å². The van der Waals surface area contributed by atoms with Crippen molar-refractivity contribution in [2.75, 3.05) is 0 Å². The van der Waals surface area contributed by atoms with Crippen molar-refractivity contribution in [1.29, 1.82) is 0 Å². The Bertz CT molecular complexity index is 697. The van der Waals surface area contributed by atoms with Gasteiger partial charge in [0, 0.05) is 13.1 Å². The van der Waals surface area contributed by atoms with Gasteiger partial charge in [0.1, 0.15) is 5.69 Å². The summed E-state index contributed by atoms with van der Waals surface area (Å²) in [5.41, 5.74) is 1.47. The molecule has 1 saturated carbocycles. The van der Waals surface area contributed by atoms with E-state index in [0.29, 0.717) is 5.69 Å². The molecule has 0 aromatic carbocycles. The molecule has 1 aliphatic carbocycles. The van der Waals surface area contributed by atoms with Crippen LogP contribution in [0.15, 0.2) is 17.5 Å². The molecule has 2 aromatic heterocycles. The average Bonchev–Trinajstić information content (AvgIpc) is 3.18. The molecule has 0 aliphatic heterocycles. The summed E-state index contributed by atoms with van der Waals surface area (Å²) in [5, 5.41) is 4.93. The molecule has 0 spiro atoms. The van der Waals surface area contributed by atoms with Crippen LogP contribution in [0.25, 0.3) is 10.2 Å². The van der Waals surface area contributed by atoms with E-state index < -0.39 is 12.1 Å². The number of aryl methyl sites for hydroxylation is 1. The first-order valence-corrected chi connectivity index (χ1v) is 8.48. The van der Waals surface area contributed by atoms with Crippen LogP contribution in [0.3, 0.4) is 0 Å². The topological polar surface area (TPSA) is 60.3 Å². The predicted molar refractivity (Wildman–Crippen MR) is 86.1 cm³/mol. The summed E-state index contributed by atoms with van der Waals surface area (Å²) in [6.45, 7) is 1.62. The van der Waals surface area contributed by atoms with Gasteiger partial charge in [-0.2, -0.15) is 0 Å². The fourth-order valence-corrected chi connectivity index (χ4v) is 3.76. The normalized spacial score (nSPS) is 16.8. The monoisotopic (exact) mass is 320 g/mol. The van der Waals surface area contributed by atoms with Crippen molar-refractivity contribution in [1.82, 2.24) is 9.88 Å². The third-order valence-corrected chi connectivity index (χ3v) is 5.08. The van der Waals surface area contributed by atoms with Crippen molar-refractivity contribution in [3.63, 3.8) is 0 Å². The van der Waals surface area contributed by atoms with Gasteiger partial charge < -0.3 is 14.6 Å². The van der Waals surface area contributed by atoms with Crippen LogP contribution in [0.2, 0.25) is 0 Å². The Morgan fingerprint density at radius 1 is 1.41 bits per heavy atom. The number of ether oxygens (including phenoxy) is 1. The zero-order valence-electron chi connectivity index (χ0n) is 12.8. The van der Waals surface area contributed by atoms with Gasteiger partial charge in [-0.05, 0) is 37.3 Å². The van der Waals surface area contributed by atoms with E-state index in [1.54, 1.807) is 22.8 Å². The number of hydrogen-bond acceptors (Lipinski definition) is 4. The van der Waals surface area contributed by atoms with Crippen LogP contribution in [0, 0.1) is 0 Å². The molecule has 0 bridgehead atoms. The zero-order valence-corrected chi connectivity index (χ0v) is 13.6. The van der Waals surface area contributed by atoms with Crippen molar-refractivity contribution in [2.24, 2.45) is 7.05 Å². The van der Waals surface area contributed by atoms with Crippen molar-refractivity contribution in [3.05, 3.63) is 23.2 Å². The van der Waals surface area contributed by atoms with Gasteiger partial charge in [-0.25, -0.2) is 4.79 Å². The van der Waals surface area contributed by atoms with E-state index in [4.69, 9.17) is 4.74 Å². The number of nitrogens with zero attached hydrogens (tertiary/aromatic N) is 1. The fourth-order valence-electron chi connectivity index (χ4n) is 2.91. The molecule has 1 fully saturated rings. The van der Waals surface area contributed by atoms with E-state index >= 15 is 0 Å². The van der Waals surface area contributed by atoms with Gasteiger partial charge in [0.15, 0.2) is 6.10 Å². The lowest BCUT2D eigenvalue weighted by Gasteiger charge is -2.17. The Balaban J connectivity index is 1.63. The molecule has 22 heavy (non-hydrogen) atoms. The summed E-state index contributed by atoms with van der Waals surface area (Å²) >= 11 is 1.58. The average molecular weight is 320 g/mol. The highest BCUT2D eigenvalue weighted by molar-refractivity contribution is 7.17. The molecule has 2 aromatic rings. The van der Waals surface area contributed by atoms with Crippen molar-refractivity contribution in [2.45, 2.75) is 44.8 Å². The molecule has 5 nitrogen and oxygen atoms in total. The third-order valence-electron chi connectivity index (χ3n) is 4.23. The first kappa shape index (κ1) is 15.1. The maximum absolute atomic E-state index is 12.3. The number of aromatic nitrogens is 1. The molecule has 1 N–H and O–H groups in total. The number of carbonyl (C=O) groups excluding carboxylic acids is 2. The quantitative estimate of drug-likeness (QED) is 0.881. The number of nitrogens with one attached hydrogen (secondary N) is 1. The first-order valence-electron chi connectivity index (χ1n) is 7.60. The van der Waals surface area contributed by atoms with Crippen LogP contribution in [0.1, 0.15) is 43.1 Å². The summed E-state index contributed by atoms with van der Waals surface area (Å²) < 4.78 is 8.16. The fraction of sp³-hybridized carbons (Fsp3) is 0.500. The number of amides is 1. The molecule has 1 aliphatic rings. The molecule has 0 unspecified atom stereocenters. The minimum absolute atomic E-state index is 0.212. The van der Waals surface area contributed by atoms with Crippen LogP contribution in [0.5, 0.6) is 0 Å². The molecule has 2 heterocycles. The lowest BCUT2D eigenvalue weighted by Crippen LogP contribution is -2.41. The molecule has 6 heteroatoms. The van der Waals surface area contributed by atoms with Gasteiger partial charge in [-0.15, -0.1) is 11.3 Å². The lowest BCUT2D eigenvalue weighted by molar-refractivity contribution is -0.129. The minimum Gasteiger partial charge on any atom is -0.448 e. The molecule has 0 radical (unpaired) electrons. The molecule has 1 atom stereocenters. The Kier molecular flexibility index (Phi) is 4.20. The molecule has 0 saturated heterocycles. The molecule has 3 rings (SSSR count). The Morgan fingerprint density at radius 2 is 2.14 bits per heavy atom. The number of thiophene rings is 1. The van der Waals surface area contributed by atoms with Gasteiger partial charge in [0.2, 0.25) is 0 Å². The van der Waals surface area contributed by atoms with E-state index in [0.717, 1.165) is 35.9 Å². The summed E-state index contributed by atoms with van der Waals surface area (Å²) in [7, 11) is 1.83. The minimum atomic E-state index is -0.777.